The minimum atomic E-state index is -2.46. The zero-order valence-corrected chi connectivity index (χ0v) is 14.6. The molecule has 5 atom stereocenters. The predicted octanol–water partition coefficient (Wildman–Crippen LogP) is -3.95. The molecule has 1 saturated heterocycles. The molecule has 1 aliphatic rings. The molecule has 0 unspecified atom stereocenters. The van der Waals surface area contributed by atoms with Crippen LogP contribution >= 0.6 is 0 Å². The summed E-state index contributed by atoms with van der Waals surface area (Å²) < 4.78 is 6.14. The maximum Gasteiger partial charge on any atom is 0.330 e. The first kappa shape index (κ1) is 21.2. The molecule has 27 heavy (non-hydrogen) atoms. The monoisotopic (exact) mass is 387 g/mol. The zero-order chi connectivity index (χ0) is 20.2. The van der Waals surface area contributed by atoms with Crippen LogP contribution in [0.15, 0.2) is 21.9 Å². The van der Waals surface area contributed by atoms with Crippen molar-refractivity contribution in [1.82, 2.24) is 14.9 Å². The summed E-state index contributed by atoms with van der Waals surface area (Å²) in [7, 11) is 0. The lowest BCUT2D eigenvalue weighted by Gasteiger charge is -2.33. The number of aliphatic hydroxyl groups is 3. The average molecular weight is 387 g/mol. The molecule has 1 aromatic rings. The van der Waals surface area contributed by atoms with Crippen molar-refractivity contribution in [1.29, 1.82) is 0 Å². The summed E-state index contributed by atoms with van der Waals surface area (Å²) in [5.74, 6) is -0.779. The van der Waals surface area contributed by atoms with Crippen LogP contribution < -0.4 is 28.0 Å². The van der Waals surface area contributed by atoms with Crippen LogP contribution in [0, 0.1) is 0 Å². The highest BCUT2D eigenvalue weighted by Crippen LogP contribution is 2.35. The number of nitrogens with two attached hydrogens (primary N) is 2. The van der Waals surface area contributed by atoms with Crippen LogP contribution in [0.2, 0.25) is 0 Å². The van der Waals surface area contributed by atoms with Gasteiger partial charge in [0, 0.05) is 12.3 Å². The van der Waals surface area contributed by atoms with Crippen LogP contribution in [-0.4, -0.2) is 67.9 Å². The molecule has 2 rings (SSSR count). The van der Waals surface area contributed by atoms with Gasteiger partial charge in [0.1, 0.15) is 12.2 Å². The number of H-pyrrole nitrogens is 1. The van der Waals surface area contributed by atoms with Crippen LogP contribution in [-0.2, 0) is 9.53 Å². The van der Waals surface area contributed by atoms with E-state index in [0.717, 1.165) is 16.8 Å². The summed E-state index contributed by atoms with van der Waals surface area (Å²) in [6.07, 6.45) is -2.06. The van der Waals surface area contributed by atoms with Gasteiger partial charge in [0.15, 0.2) is 6.23 Å². The van der Waals surface area contributed by atoms with Gasteiger partial charge in [-0.15, -0.1) is 0 Å². The van der Waals surface area contributed by atoms with Crippen LogP contribution in [0.5, 0.6) is 0 Å². The molecule has 0 aliphatic carbocycles. The van der Waals surface area contributed by atoms with Gasteiger partial charge >= 0.3 is 5.69 Å². The summed E-state index contributed by atoms with van der Waals surface area (Å²) in [6, 6.07) is 0.0124. The standard InChI is InChI=1S/C15H25N5O7/c16-5-2-1-3-8(17)12(24)19-15(26)11(23)9(7-21)27-13(15)20-6-4-10(22)18-14(20)25/h4,6,8-9,11,13,21,23,26H,1-3,5,7,16-17H2,(H,19,24)(H,18,22,25)/t8-,9+,11+,13+,15+/m0/s1. The largest absolute Gasteiger partial charge is 0.394 e. The first-order chi connectivity index (χ1) is 12.7. The van der Waals surface area contributed by atoms with Gasteiger partial charge in [0.05, 0.1) is 12.6 Å². The molecule has 2 heterocycles. The lowest BCUT2D eigenvalue weighted by molar-refractivity contribution is -0.154. The maximum absolute atomic E-state index is 12.4. The third-order valence-electron chi connectivity index (χ3n) is 4.40. The van der Waals surface area contributed by atoms with E-state index in [1.165, 1.54) is 0 Å². The molecule has 1 amide bonds. The number of aromatic amines is 1. The Morgan fingerprint density at radius 2 is 2.15 bits per heavy atom. The molecule has 0 radical (unpaired) electrons. The van der Waals surface area contributed by atoms with Crippen molar-refractivity contribution < 1.29 is 24.9 Å². The zero-order valence-electron chi connectivity index (χ0n) is 14.6. The fraction of sp³-hybridized carbons (Fsp3) is 0.667. The van der Waals surface area contributed by atoms with Gasteiger partial charge in [-0.1, -0.05) is 6.42 Å². The van der Waals surface area contributed by atoms with Gasteiger partial charge in [-0.3, -0.25) is 19.1 Å². The second kappa shape index (κ2) is 8.73. The van der Waals surface area contributed by atoms with Gasteiger partial charge in [-0.2, -0.15) is 0 Å². The number of rotatable bonds is 8. The van der Waals surface area contributed by atoms with E-state index < -0.39 is 54.0 Å². The molecule has 0 spiro atoms. The fourth-order valence-electron chi connectivity index (χ4n) is 2.87. The number of carbonyl (C=O) groups excluding carboxylic acids is 1. The van der Waals surface area contributed by atoms with Crippen molar-refractivity contribution in [2.45, 2.75) is 49.5 Å². The second-order valence-corrected chi connectivity index (χ2v) is 6.38. The third-order valence-corrected chi connectivity index (χ3v) is 4.40. The summed E-state index contributed by atoms with van der Waals surface area (Å²) >= 11 is 0. The minimum Gasteiger partial charge on any atom is -0.394 e. The Hall–Kier alpha value is -2.09. The van der Waals surface area contributed by atoms with E-state index in [4.69, 9.17) is 16.2 Å². The van der Waals surface area contributed by atoms with Gasteiger partial charge < -0.3 is 36.8 Å². The number of carbonyl (C=O) groups is 1. The molecule has 152 valence electrons. The lowest BCUT2D eigenvalue weighted by atomic mass is 10.0. The van der Waals surface area contributed by atoms with Crippen LogP contribution in [0.1, 0.15) is 25.5 Å². The lowest BCUT2D eigenvalue weighted by Crippen LogP contribution is -2.63. The van der Waals surface area contributed by atoms with Crippen LogP contribution in [0.4, 0.5) is 0 Å². The number of amides is 1. The summed E-state index contributed by atoms with van der Waals surface area (Å²) in [6.45, 7) is -0.239. The van der Waals surface area contributed by atoms with Gasteiger partial charge in [-0.25, -0.2) is 4.79 Å². The number of hydrogen-bond donors (Lipinski definition) is 7. The Bertz CT molecular complexity index is 765. The highest BCUT2D eigenvalue weighted by atomic mass is 16.6. The van der Waals surface area contributed by atoms with Gasteiger partial charge in [0.2, 0.25) is 11.6 Å². The van der Waals surface area contributed by atoms with Gasteiger partial charge in [0.25, 0.3) is 5.56 Å². The number of nitrogens with one attached hydrogen (secondary N) is 2. The SMILES string of the molecule is NCCCC[C@H](N)C(=O)N[C@@]1(O)[C@H](O)[C@@H](CO)O[C@H]1n1ccc(=O)[nH]c1=O. The van der Waals surface area contributed by atoms with Crippen molar-refractivity contribution in [3.05, 3.63) is 33.1 Å². The number of aromatic nitrogens is 2. The Morgan fingerprint density at radius 1 is 1.44 bits per heavy atom. The number of unbranched alkanes of at least 4 members (excludes halogenated alkanes) is 1. The third kappa shape index (κ3) is 4.43. The minimum absolute atomic E-state index is 0.294. The summed E-state index contributed by atoms with van der Waals surface area (Å²) in [4.78, 5) is 37.6. The number of nitrogens with zero attached hydrogens (tertiary/aromatic N) is 1. The molecular weight excluding hydrogens is 362 g/mol. The van der Waals surface area contributed by atoms with Crippen molar-refractivity contribution in [3.8, 4) is 0 Å². The summed E-state index contributed by atoms with van der Waals surface area (Å²) in [5.41, 5.74) is 7.11. The number of ether oxygens (including phenoxy) is 1. The molecule has 0 aromatic carbocycles. The molecule has 1 aliphatic heterocycles. The number of aliphatic hydroxyl groups excluding tert-OH is 2. The van der Waals surface area contributed by atoms with Crippen molar-refractivity contribution in [2.24, 2.45) is 11.5 Å². The van der Waals surface area contributed by atoms with Crippen molar-refractivity contribution in [2.75, 3.05) is 13.2 Å². The topological polar surface area (TPSA) is 206 Å². The first-order valence-corrected chi connectivity index (χ1v) is 8.50. The molecule has 9 N–H and O–H groups in total. The molecule has 0 saturated carbocycles. The highest BCUT2D eigenvalue weighted by Gasteiger charge is 2.57. The molecule has 12 nitrogen and oxygen atoms in total. The van der Waals surface area contributed by atoms with E-state index in [2.05, 4.69) is 5.32 Å². The Kier molecular flexibility index (Phi) is 6.86. The van der Waals surface area contributed by atoms with Crippen LogP contribution in [0.3, 0.4) is 0 Å². The normalized spacial score (nSPS) is 28.9. The smallest absolute Gasteiger partial charge is 0.330 e. The van der Waals surface area contributed by atoms with Crippen molar-refractivity contribution >= 4 is 5.91 Å². The Morgan fingerprint density at radius 3 is 2.74 bits per heavy atom. The van der Waals surface area contributed by atoms with E-state index in [9.17, 15) is 29.7 Å². The fourth-order valence-corrected chi connectivity index (χ4v) is 2.87. The van der Waals surface area contributed by atoms with E-state index in [0.29, 0.717) is 25.8 Å². The van der Waals surface area contributed by atoms with Crippen LogP contribution in [0.25, 0.3) is 0 Å². The second-order valence-electron chi connectivity index (χ2n) is 6.38. The van der Waals surface area contributed by atoms with E-state index in [-0.39, 0.29) is 0 Å². The molecule has 1 aromatic heterocycles. The molecular formula is C15H25N5O7. The number of hydrogen-bond acceptors (Lipinski definition) is 9. The Balaban J connectivity index is 2.28. The predicted molar refractivity (Wildman–Crippen MR) is 92.3 cm³/mol. The molecule has 0 bridgehead atoms. The van der Waals surface area contributed by atoms with E-state index in [1.54, 1.807) is 0 Å². The highest BCUT2D eigenvalue weighted by molar-refractivity contribution is 5.82. The molecule has 1 fully saturated rings. The molecule has 12 heteroatoms. The maximum atomic E-state index is 12.4. The van der Waals surface area contributed by atoms with E-state index in [1.807, 2.05) is 4.98 Å². The van der Waals surface area contributed by atoms with Crippen molar-refractivity contribution in [3.63, 3.8) is 0 Å². The first-order valence-electron chi connectivity index (χ1n) is 8.50. The Labute approximate surface area is 153 Å². The average Bonchev–Trinajstić information content (AvgIpc) is 2.86. The van der Waals surface area contributed by atoms with Gasteiger partial charge in [-0.05, 0) is 19.4 Å². The quantitative estimate of drug-likeness (QED) is 0.171. The van der Waals surface area contributed by atoms with E-state index >= 15 is 0 Å². The summed E-state index contributed by atoms with van der Waals surface area (Å²) in [5, 5.41) is 32.8.